The van der Waals surface area contributed by atoms with Gasteiger partial charge in [-0.25, -0.2) is 0 Å². The highest BCUT2D eigenvalue weighted by atomic mass is 28.4. The average Bonchev–Trinajstić information content (AvgIpc) is 2.71. The van der Waals surface area contributed by atoms with Crippen LogP contribution in [0.15, 0.2) is 0 Å². The first kappa shape index (κ1) is 31.8. The second-order valence-electron chi connectivity index (χ2n) is 15.6. The minimum atomic E-state index is -1.98. The molecule has 2 saturated carbocycles. The zero-order valence-electron chi connectivity index (χ0n) is 26.3. The van der Waals surface area contributed by atoms with Crippen LogP contribution in [0.1, 0.15) is 86.5 Å². The van der Waals surface area contributed by atoms with Gasteiger partial charge in [-0.1, -0.05) is 93.7 Å². The molecule has 0 spiro atoms. The van der Waals surface area contributed by atoms with E-state index in [2.05, 4.69) is 92.2 Å². The number of rotatable bonds is 11. The third kappa shape index (κ3) is 7.80. The predicted octanol–water partition coefficient (Wildman–Crippen LogP) is 9.86. The molecule has 0 aromatic rings. The molecule has 208 valence electrons. The molecular weight excluding hydrogens is 475 g/mol. The molecule has 0 bridgehead atoms. The summed E-state index contributed by atoms with van der Waals surface area (Å²) in [6, 6.07) is 1.40. The molecule has 2 fully saturated rings. The van der Waals surface area contributed by atoms with Gasteiger partial charge in [-0.3, -0.25) is 0 Å². The van der Waals surface area contributed by atoms with E-state index in [1.54, 1.807) is 0 Å². The second-order valence-corrected chi connectivity index (χ2v) is 30.1. The van der Waals surface area contributed by atoms with E-state index in [-0.39, 0.29) is 0 Å². The van der Waals surface area contributed by atoms with Gasteiger partial charge in [0.2, 0.25) is 0 Å². The normalized spacial score (nSPS) is 32.9. The molecule has 2 aliphatic carbocycles. The highest BCUT2D eigenvalue weighted by molar-refractivity contribution is 6.89. The molecular formula is C30H65NOSi3. The van der Waals surface area contributed by atoms with Crippen LogP contribution in [-0.4, -0.2) is 42.7 Å². The lowest BCUT2D eigenvalue weighted by Gasteiger charge is -2.55. The molecule has 0 aromatic heterocycles. The minimum absolute atomic E-state index is 0.786. The van der Waals surface area contributed by atoms with Crippen molar-refractivity contribution >= 4 is 24.8 Å². The number of hydrogen-bond donors (Lipinski definition) is 0. The van der Waals surface area contributed by atoms with Gasteiger partial charge >= 0.3 is 0 Å². The fraction of sp³-hybridized carbons (Fsp3) is 1.00. The van der Waals surface area contributed by atoms with Crippen molar-refractivity contribution in [1.82, 2.24) is 4.23 Å². The molecule has 0 radical (unpaired) electrons. The average molecular weight is 540 g/mol. The zero-order valence-corrected chi connectivity index (χ0v) is 29.3. The Bertz CT molecular complexity index is 592. The topological polar surface area (TPSA) is 12.5 Å². The van der Waals surface area contributed by atoms with Crippen LogP contribution in [0, 0.1) is 35.5 Å². The van der Waals surface area contributed by atoms with Gasteiger partial charge in [0, 0.05) is 7.11 Å². The van der Waals surface area contributed by atoms with Crippen LogP contribution in [0.3, 0.4) is 0 Å². The maximum atomic E-state index is 7.17. The van der Waals surface area contributed by atoms with Crippen LogP contribution in [-0.2, 0) is 4.43 Å². The Morgan fingerprint density at radius 2 is 1.11 bits per heavy atom. The van der Waals surface area contributed by atoms with Gasteiger partial charge in [0.1, 0.15) is 16.5 Å². The van der Waals surface area contributed by atoms with Crippen molar-refractivity contribution in [1.29, 1.82) is 0 Å². The van der Waals surface area contributed by atoms with E-state index in [0.29, 0.717) is 0 Å². The van der Waals surface area contributed by atoms with Gasteiger partial charge in [-0.05, 0) is 91.3 Å². The van der Waals surface area contributed by atoms with Crippen molar-refractivity contribution in [3.8, 4) is 0 Å². The first-order valence-electron chi connectivity index (χ1n) is 15.4. The van der Waals surface area contributed by atoms with Crippen LogP contribution in [0.4, 0.5) is 0 Å². The van der Waals surface area contributed by atoms with Crippen molar-refractivity contribution in [2.75, 3.05) is 13.7 Å². The number of nitrogens with zero attached hydrogens (tertiary/aromatic N) is 1. The SMILES string of the molecule is CO[Si](CCCN([Si](C)(C)C)[Si](C)(C)C)(C1CC(C)CCC1C(C)C)C1CC(C)CCC1C(C)C. The smallest absolute Gasteiger partial charge is 0.198 e. The predicted molar refractivity (Wildman–Crippen MR) is 166 cm³/mol. The van der Waals surface area contributed by atoms with Crippen LogP contribution in [0.25, 0.3) is 0 Å². The molecule has 2 aliphatic rings. The van der Waals surface area contributed by atoms with Gasteiger partial charge in [0.25, 0.3) is 0 Å². The molecule has 0 aliphatic heterocycles. The van der Waals surface area contributed by atoms with E-state index < -0.39 is 24.8 Å². The molecule has 6 unspecified atom stereocenters. The van der Waals surface area contributed by atoms with Crippen LogP contribution >= 0.6 is 0 Å². The van der Waals surface area contributed by atoms with Gasteiger partial charge in [-0.2, -0.15) is 0 Å². The molecule has 2 rings (SSSR count). The van der Waals surface area contributed by atoms with E-state index >= 15 is 0 Å². The summed E-state index contributed by atoms with van der Waals surface area (Å²) in [5.74, 6) is 5.05. The molecule has 0 heterocycles. The Morgan fingerprint density at radius 1 is 0.714 bits per heavy atom. The van der Waals surface area contributed by atoms with E-state index in [4.69, 9.17) is 4.43 Å². The molecule has 35 heavy (non-hydrogen) atoms. The third-order valence-corrected chi connectivity index (χ3v) is 23.7. The summed E-state index contributed by atoms with van der Waals surface area (Å²) in [6.45, 7) is 31.9. The summed E-state index contributed by atoms with van der Waals surface area (Å²) < 4.78 is 10.2. The zero-order chi connectivity index (χ0) is 26.8. The van der Waals surface area contributed by atoms with Crippen molar-refractivity contribution in [3.63, 3.8) is 0 Å². The lowest BCUT2D eigenvalue weighted by atomic mass is 9.76. The summed E-state index contributed by atoms with van der Waals surface area (Å²) >= 11 is 0. The third-order valence-electron chi connectivity index (χ3n) is 10.2. The van der Waals surface area contributed by atoms with E-state index in [1.807, 2.05) is 0 Å². The van der Waals surface area contributed by atoms with Gasteiger partial charge in [0.15, 0.2) is 8.32 Å². The Morgan fingerprint density at radius 3 is 1.43 bits per heavy atom. The Hall–Kier alpha value is 0.571. The molecule has 6 atom stereocenters. The molecule has 0 amide bonds. The van der Waals surface area contributed by atoms with E-state index in [1.165, 1.54) is 57.5 Å². The largest absolute Gasteiger partial charge is 0.419 e. The van der Waals surface area contributed by atoms with Crippen LogP contribution in [0.2, 0.25) is 56.4 Å². The standard InChI is InChI=1S/C30H65NOSi3/c1-23(2)27-17-15-25(5)21-29(27)35(32-7,30-22-26(6)16-18-28(30)24(3)4)20-14-19-31(33(8,9)10)34(11,12)13/h23-30H,14-22H2,1-13H3. The van der Waals surface area contributed by atoms with Crippen LogP contribution < -0.4 is 0 Å². The summed E-state index contributed by atoms with van der Waals surface area (Å²) in [4.78, 5) is 0. The number of hydrogen-bond acceptors (Lipinski definition) is 2. The highest BCUT2D eigenvalue weighted by Crippen LogP contribution is 2.58. The van der Waals surface area contributed by atoms with Crippen molar-refractivity contribution in [3.05, 3.63) is 0 Å². The molecule has 0 aromatic carbocycles. The quantitative estimate of drug-likeness (QED) is 0.242. The summed E-state index contributed by atoms with van der Waals surface area (Å²) in [5, 5.41) is 0. The fourth-order valence-corrected chi connectivity index (χ4v) is 25.4. The van der Waals surface area contributed by atoms with E-state index in [9.17, 15) is 0 Å². The fourth-order valence-electron chi connectivity index (χ4n) is 8.77. The van der Waals surface area contributed by atoms with Crippen molar-refractivity contribution in [2.45, 2.75) is 143 Å². The Kier molecular flexibility index (Phi) is 11.5. The van der Waals surface area contributed by atoms with Gasteiger partial charge in [-0.15, -0.1) is 0 Å². The van der Waals surface area contributed by atoms with Gasteiger partial charge in [0.05, 0.1) is 0 Å². The molecule has 0 N–H and O–H groups in total. The summed E-state index contributed by atoms with van der Waals surface area (Å²) in [7, 11) is -2.45. The maximum absolute atomic E-state index is 7.17. The lowest BCUT2D eigenvalue weighted by molar-refractivity contribution is 0.169. The van der Waals surface area contributed by atoms with Crippen molar-refractivity contribution < 1.29 is 4.43 Å². The molecule has 0 saturated heterocycles. The van der Waals surface area contributed by atoms with Crippen LogP contribution in [0.5, 0.6) is 0 Å². The Balaban J connectivity index is 2.49. The Labute approximate surface area is 225 Å². The maximum Gasteiger partial charge on any atom is 0.198 e. The van der Waals surface area contributed by atoms with E-state index in [0.717, 1.165) is 46.6 Å². The first-order valence-corrected chi connectivity index (χ1v) is 24.5. The highest BCUT2D eigenvalue weighted by Gasteiger charge is 2.56. The van der Waals surface area contributed by atoms with Crippen molar-refractivity contribution in [2.24, 2.45) is 35.5 Å². The summed E-state index contributed by atoms with van der Waals surface area (Å²) in [5.41, 5.74) is 1.69. The second kappa shape index (κ2) is 12.6. The molecule has 5 heteroatoms. The minimum Gasteiger partial charge on any atom is -0.419 e. The first-order chi connectivity index (χ1) is 16.0. The summed E-state index contributed by atoms with van der Waals surface area (Å²) in [6.07, 6.45) is 9.97. The van der Waals surface area contributed by atoms with Gasteiger partial charge < -0.3 is 8.66 Å². The lowest BCUT2D eigenvalue weighted by Crippen LogP contribution is -2.60. The monoisotopic (exact) mass is 539 g/mol. The molecule has 2 nitrogen and oxygen atoms in total.